The van der Waals surface area contributed by atoms with Gasteiger partial charge < -0.3 is 9.84 Å². The lowest BCUT2D eigenvalue weighted by Crippen LogP contribution is -1.95. The van der Waals surface area contributed by atoms with Gasteiger partial charge in [0.2, 0.25) is 0 Å². The van der Waals surface area contributed by atoms with Crippen LogP contribution in [0.2, 0.25) is 0 Å². The van der Waals surface area contributed by atoms with Crippen LogP contribution in [0.3, 0.4) is 0 Å². The molecule has 1 rings (SSSR count). The molecule has 1 aromatic rings. The normalized spacial score (nSPS) is 10.5. The van der Waals surface area contributed by atoms with E-state index < -0.39 is 0 Å². The first-order valence-electron chi connectivity index (χ1n) is 4.85. The van der Waals surface area contributed by atoms with Crippen LogP contribution in [0.15, 0.2) is 24.3 Å². The highest BCUT2D eigenvalue weighted by Gasteiger charge is 2.01. The fourth-order valence-corrected chi connectivity index (χ4v) is 1.11. The van der Waals surface area contributed by atoms with E-state index in [4.69, 9.17) is 4.74 Å². The highest BCUT2D eigenvalue weighted by Crippen LogP contribution is 2.27. The lowest BCUT2D eigenvalue weighted by molar-refractivity contribution is -0.104. The van der Waals surface area contributed by atoms with Crippen LogP contribution in [-0.2, 0) is 4.79 Å². The zero-order valence-corrected chi connectivity index (χ0v) is 8.64. The minimum absolute atomic E-state index is 0.117. The molecule has 0 radical (unpaired) electrons. The number of phenols is 1. The molecule has 0 bridgehead atoms. The van der Waals surface area contributed by atoms with Gasteiger partial charge in [-0.3, -0.25) is 4.79 Å². The maximum atomic E-state index is 10.1. The number of carbonyl (C=O) groups is 1. The van der Waals surface area contributed by atoms with Gasteiger partial charge in [0.15, 0.2) is 11.5 Å². The van der Waals surface area contributed by atoms with Crippen LogP contribution < -0.4 is 4.74 Å². The van der Waals surface area contributed by atoms with Crippen molar-refractivity contribution in [1.29, 1.82) is 0 Å². The van der Waals surface area contributed by atoms with Gasteiger partial charge in [0.1, 0.15) is 6.29 Å². The molecule has 0 aliphatic rings. The minimum Gasteiger partial charge on any atom is -0.504 e. The predicted molar refractivity (Wildman–Crippen MR) is 59.0 cm³/mol. The second-order valence-corrected chi connectivity index (χ2v) is 3.07. The lowest BCUT2D eigenvalue weighted by Gasteiger charge is -2.07. The van der Waals surface area contributed by atoms with Crippen molar-refractivity contribution in [2.75, 3.05) is 6.61 Å². The Morgan fingerprint density at radius 2 is 2.27 bits per heavy atom. The van der Waals surface area contributed by atoms with Crippen LogP contribution in [-0.4, -0.2) is 18.0 Å². The summed E-state index contributed by atoms with van der Waals surface area (Å²) in [4.78, 5) is 10.1. The van der Waals surface area contributed by atoms with Crippen molar-refractivity contribution in [2.45, 2.75) is 13.3 Å². The van der Waals surface area contributed by atoms with Gasteiger partial charge in [0, 0.05) is 0 Å². The first kappa shape index (κ1) is 11.3. The minimum atomic E-state index is 0.117. The van der Waals surface area contributed by atoms with Gasteiger partial charge >= 0.3 is 0 Å². The van der Waals surface area contributed by atoms with Gasteiger partial charge in [-0.15, -0.1) is 0 Å². The van der Waals surface area contributed by atoms with Crippen LogP contribution in [0.4, 0.5) is 0 Å². The third kappa shape index (κ3) is 3.46. The summed E-state index contributed by atoms with van der Waals surface area (Å²) in [6.07, 6.45) is 4.65. The first-order chi connectivity index (χ1) is 7.27. The van der Waals surface area contributed by atoms with Crippen LogP contribution in [0, 0.1) is 0 Å². The summed E-state index contributed by atoms with van der Waals surface area (Å²) in [5, 5.41) is 9.47. The molecule has 0 fully saturated rings. The molecule has 0 unspecified atom stereocenters. The number of aldehydes is 1. The molecule has 15 heavy (non-hydrogen) atoms. The molecule has 3 heteroatoms. The molecule has 0 amide bonds. The molecule has 0 aliphatic carbocycles. The Kier molecular flexibility index (Phi) is 4.41. The molecule has 1 N–H and O–H groups in total. The summed E-state index contributed by atoms with van der Waals surface area (Å²) in [6, 6.07) is 4.97. The molecule has 0 aliphatic heterocycles. The molecular weight excluding hydrogens is 192 g/mol. The van der Waals surface area contributed by atoms with Gasteiger partial charge in [-0.05, 0) is 30.2 Å². The predicted octanol–water partition coefficient (Wildman–Crippen LogP) is 2.39. The van der Waals surface area contributed by atoms with Crippen LogP contribution >= 0.6 is 0 Å². The number of rotatable bonds is 5. The Bertz CT molecular complexity index is 356. The molecule has 80 valence electrons. The summed E-state index contributed by atoms with van der Waals surface area (Å²) in [5.41, 5.74) is 0.825. The first-order valence-corrected chi connectivity index (χ1v) is 4.85. The average molecular weight is 206 g/mol. The molecule has 0 heterocycles. The van der Waals surface area contributed by atoms with Gasteiger partial charge in [0.25, 0.3) is 0 Å². The summed E-state index contributed by atoms with van der Waals surface area (Å²) in [7, 11) is 0. The third-order valence-electron chi connectivity index (χ3n) is 1.81. The topological polar surface area (TPSA) is 46.5 Å². The highest BCUT2D eigenvalue weighted by atomic mass is 16.5. The quantitative estimate of drug-likeness (QED) is 0.594. The van der Waals surface area contributed by atoms with Crippen LogP contribution in [0.5, 0.6) is 11.5 Å². The van der Waals surface area contributed by atoms with E-state index in [1.807, 2.05) is 6.92 Å². The number of carbonyl (C=O) groups excluding carboxylic acids is 1. The number of allylic oxidation sites excluding steroid dienone is 1. The number of hydrogen-bond acceptors (Lipinski definition) is 3. The van der Waals surface area contributed by atoms with E-state index in [1.165, 1.54) is 6.08 Å². The Morgan fingerprint density at radius 1 is 1.47 bits per heavy atom. The molecule has 3 nitrogen and oxygen atoms in total. The van der Waals surface area contributed by atoms with Gasteiger partial charge in [-0.25, -0.2) is 0 Å². The smallest absolute Gasteiger partial charge is 0.161 e. The SMILES string of the molecule is CCCOc1cc(/C=C/C=O)ccc1O. The lowest BCUT2D eigenvalue weighted by atomic mass is 10.2. The summed E-state index contributed by atoms with van der Waals surface area (Å²) < 4.78 is 5.33. The van der Waals surface area contributed by atoms with E-state index in [1.54, 1.807) is 24.3 Å². The number of aromatic hydroxyl groups is 1. The van der Waals surface area contributed by atoms with Crippen molar-refractivity contribution in [1.82, 2.24) is 0 Å². The van der Waals surface area contributed by atoms with Crippen LogP contribution in [0.25, 0.3) is 6.08 Å². The van der Waals surface area contributed by atoms with Crippen LogP contribution in [0.1, 0.15) is 18.9 Å². The van der Waals surface area contributed by atoms with E-state index in [0.717, 1.165) is 12.0 Å². The van der Waals surface area contributed by atoms with Gasteiger partial charge in [-0.1, -0.05) is 19.1 Å². The summed E-state index contributed by atoms with van der Waals surface area (Å²) in [5.74, 6) is 0.566. The Morgan fingerprint density at radius 3 is 2.93 bits per heavy atom. The number of ether oxygens (including phenoxy) is 1. The van der Waals surface area contributed by atoms with E-state index >= 15 is 0 Å². The Hall–Kier alpha value is -1.77. The molecular formula is C12H14O3. The van der Waals surface area contributed by atoms with E-state index in [-0.39, 0.29) is 5.75 Å². The zero-order chi connectivity index (χ0) is 11.1. The number of hydrogen-bond donors (Lipinski definition) is 1. The molecule has 0 aromatic heterocycles. The second kappa shape index (κ2) is 5.86. The largest absolute Gasteiger partial charge is 0.504 e. The van der Waals surface area contributed by atoms with Crippen molar-refractivity contribution in [3.05, 3.63) is 29.8 Å². The van der Waals surface area contributed by atoms with Crippen molar-refractivity contribution < 1.29 is 14.6 Å². The molecule has 1 aromatic carbocycles. The molecule has 0 saturated carbocycles. The second-order valence-electron chi connectivity index (χ2n) is 3.07. The monoisotopic (exact) mass is 206 g/mol. The van der Waals surface area contributed by atoms with Gasteiger partial charge in [0.05, 0.1) is 6.61 Å². The fraction of sp³-hybridized carbons (Fsp3) is 0.250. The van der Waals surface area contributed by atoms with Crippen molar-refractivity contribution in [3.8, 4) is 11.5 Å². The van der Waals surface area contributed by atoms with E-state index in [9.17, 15) is 9.90 Å². The highest BCUT2D eigenvalue weighted by molar-refractivity contribution is 5.74. The summed E-state index contributed by atoms with van der Waals surface area (Å²) >= 11 is 0. The van der Waals surface area contributed by atoms with Crippen molar-refractivity contribution in [2.24, 2.45) is 0 Å². The summed E-state index contributed by atoms with van der Waals surface area (Å²) in [6.45, 7) is 2.56. The third-order valence-corrected chi connectivity index (χ3v) is 1.81. The van der Waals surface area contributed by atoms with Crippen molar-refractivity contribution in [3.63, 3.8) is 0 Å². The van der Waals surface area contributed by atoms with Crippen molar-refractivity contribution >= 4 is 12.4 Å². The number of benzene rings is 1. The Labute approximate surface area is 89.0 Å². The van der Waals surface area contributed by atoms with E-state index in [2.05, 4.69) is 0 Å². The number of phenolic OH excluding ortho intramolecular Hbond substituents is 1. The average Bonchev–Trinajstić information content (AvgIpc) is 2.26. The standard InChI is InChI=1S/C12H14O3/c1-2-8-15-12-9-10(4-3-7-13)5-6-11(12)14/h3-7,9,14H,2,8H2,1H3/b4-3+. The zero-order valence-electron chi connectivity index (χ0n) is 8.64. The Balaban J connectivity index is 2.84. The van der Waals surface area contributed by atoms with E-state index in [0.29, 0.717) is 18.6 Å². The maximum Gasteiger partial charge on any atom is 0.161 e. The maximum absolute atomic E-state index is 10.1. The van der Waals surface area contributed by atoms with Gasteiger partial charge in [-0.2, -0.15) is 0 Å². The fourth-order valence-electron chi connectivity index (χ4n) is 1.11. The molecule has 0 saturated heterocycles. The molecule has 0 spiro atoms. The molecule has 0 atom stereocenters.